The smallest absolute Gasteiger partial charge is 0.159 e. The summed E-state index contributed by atoms with van der Waals surface area (Å²) in [4.78, 5) is 27.2. The number of benzene rings is 2. The third-order valence-corrected chi connectivity index (χ3v) is 8.93. The Bertz CT molecular complexity index is 1530. The van der Waals surface area contributed by atoms with Crippen LogP contribution in [0.2, 0.25) is 0 Å². The van der Waals surface area contributed by atoms with Gasteiger partial charge in [0.05, 0.1) is 30.2 Å². The van der Waals surface area contributed by atoms with Crippen LogP contribution in [-0.2, 0) is 24.2 Å². The molecule has 0 bridgehead atoms. The fourth-order valence-electron chi connectivity index (χ4n) is 6.52. The Morgan fingerprint density at radius 2 is 1.82 bits per heavy atom. The highest BCUT2D eigenvalue weighted by Gasteiger charge is 2.27. The highest BCUT2D eigenvalue weighted by molar-refractivity contribution is 5.97. The largest absolute Gasteiger partial charge is 0.376 e. The molecule has 5 heterocycles. The summed E-state index contributed by atoms with van der Waals surface area (Å²) in [5.41, 5.74) is 6.66. The van der Waals surface area contributed by atoms with Gasteiger partial charge < -0.3 is 14.2 Å². The Kier molecular flexibility index (Phi) is 6.86. The number of pyridine rings is 1. The number of para-hydroxylation sites is 1. The molecule has 0 unspecified atom stereocenters. The molecule has 0 saturated carbocycles. The fraction of sp³-hybridized carbons (Fsp3) is 0.424. The third kappa shape index (κ3) is 4.93. The van der Waals surface area contributed by atoms with E-state index < -0.39 is 0 Å². The number of aromatic nitrogens is 3. The molecule has 0 radical (unpaired) electrons. The predicted octanol–water partition coefficient (Wildman–Crippen LogP) is 5.89. The number of imidazole rings is 1. The van der Waals surface area contributed by atoms with Crippen molar-refractivity contribution in [2.45, 2.75) is 64.1 Å². The van der Waals surface area contributed by atoms with Crippen molar-refractivity contribution in [1.82, 2.24) is 19.4 Å². The lowest BCUT2D eigenvalue weighted by molar-refractivity contribution is -0.0592. The fourth-order valence-corrected chi connectivity index (χ4v) is 6.52. The van der Waals surface area contributed by atoms with Gasteiger partial charge in [0.1, 0.15) is 11.6 Å². The first-order chi connectivity index (χ1) is 19.6. The minimum Gasteiger partial charge on any atom is -0.376 e. The number of carbonyl (C=O) groups excluding carboxylic acids is 1. The minimum absolute atomic E-state index is 0.0836. The Hall–Kier alpha value is -3.55. The van der Waals surface area contributed by atoms with E-state index in [0.29, 0.717) is 5.92 Å². The highest BCUT2D eigenvalue weighted by Crippen LogP contribution is 2.34. The first-order valence-electron chi connectivity index (χ1n) is 14.8. The van der Waals surface area contributed by atoms with E-state index in [1.165, 1.54) is 16.9 Å². The average molecular weight is 536 g/mol. The van der Waals surface area contributed by atoms with Crippen molar-refractivity contribution in [1.29, 1.82) is 0 Å². The van der Waals surface area contributed by atoms with Crippen molar-refractivity contribution in [2.75, 3.05) is 31.1 Å². The molecular formula is C33H37N5O2. The zero-order chi connectivity index (χ0) is 27.1. The highest BCUT2D eigenvalue weighted by atomic mass is 16.5. The van der Waals surface area contributed by atoms with Crippen molar-refractivity contribution in [3.63, 3.8) is 0 Å². The van der Waals surface area contributed by atoms with Gasteiger partial charge in [-0.1, -0.05) is 24.3 Å². The van der Waals surface area contributed by atoms with Crippen molar-refractivity contribution >= 4 is 28.3 Å². The van der Waals surface area contributed by atoms with Crippen molar-refractivity contribution in [3.8, 4) is 0 Å². The zero-order valence-corrected chi connectivity index (χ0v) is 23.3. The van der Waals surface area contributed by atoms with E-state index in [1.807, 2.05) is 18.2 Å². The van der Waals surface area contributed by atoms with E-state index in [1.54, 1.807) is 6.92 Å². The zero-order valence-electron chi connectivity index (χ0n) is 23.3. The molecule has 40 heavy (non-hydrogen) atoms. The minimum atomic E-state index is 0.0836. The molecule has 0 amide bonds. The van der Waals surface area contributed by atoms with Gasteiger partial charge in [0, 0.05) is 36.0 Å². The lowest BCUT2D eigenvalue weighted by Gasteiger charge is -2.33. The number of aryl methyl sites for hydroxylation is 1. The summed E-state index contributed by atoms with van der Waals surface area (Å²) in [6.45, 7) is 7.11. The standard InChI is InChI=1S/C33H37N5O2/c1-23(39)26-11-12-29-31(20-26)38(21-27-15-19-40-27)33(35-29)22-36-17-13-24(14-18-36)28-8-4-10-32(34-28)37-16-5-7-25-6-2-3-9-30(25)37/h2-4,6,8-12,20,24,27H,5,7,13-19,21-22H2,1H3/t27-/m0/s1. The third-order valence-electron chi connectivity index (χ3n) is 8.93. The van der Waals surface area contributed by atoms with E-state index in [9.17, 15) is 4.79 Å². The second kappa shape index (κ2) is 10.8. The lowest BCUT2D eigenvalue weighted by Crippen LogP contribution is -2.35. The van der Waals surface area contributed by atoms with Gasteiger partial charge in [0.15, 0.2) is 5.78 Å². The summed E-state index contributed by atoms with van der Waals surface area (Å²) in [6, 6.07) is 21.2. The van der Waals surface area contributed by atoms with Gasteiger partial charge in [0.2, 0.25) is 0 Å². The maximum atomic E-state index is 12.1. The molecular weight excluding hydrogens is 498 g/mol. The number of anilines is 2. The molecule has 7 nitrogen and oxygen atoms in total. The van der Waals surface area contributed by atoms with Crippen molar-refractivity contribution in [3.05, 3.63) is 83.3 Å². The summed E-state index contributed by atoms with van der Waals surface area (Å²) in [5.74, 6) is 2.69. The van der Waals surface area contributed by atoms with Gasteiger partial charge >= 0.3 is 0 Å². The molecule has 2 aromatic carbocycles. The maximum Gasteiger partial charge on any atom is 0.159 e. The number of hydrogen-bond donors (Lipinski definition) is 0. The second-order valence-corrected chi connectivity index (χ2v) is 11.5. The van der Waals surface area contributed by atoms with Crippen LogP contribution in [0.3, 0.4) is 0 Å². The van der Waals surface area contributed by atoms with E-state index in [4.69, 9.17) is 14.7 Å². The molecule has 2 aromatic heterocycles. The Morgan fingerprint density at radius 1 is 0.975 bits per heavy atom. The maximum absolute atomic E-state index is 12.1. The first-order valence-corrected chi connectivity index (χ1v) is 14.8. The van der Waals surface area contributed by atoms with Crippen LogP contribution in [0.4, 0.5) is 11.5 Å². The number of Topliss-reactive ketones (excluding diaryl/α,β-unsaturated/α-hetero) is 1. The Balaban J connectivity index is 1.06. The van der Waals surface area contributed by atoms with Crippen LogP contribution in [0.5, 0.6) is 0 Å². The number of nitrogens with zero attached hydrogens (tertiary/aromatic N) is 5. The van der Waals surface area contributed by atoms with E-state index >= 15 is 0 Å². The molecule has 0 spiro atoms. The number of likely N-dealkylation sites (tertiary alicyclic amines) is 1. The summed E-state index contributed by atoms with van der Waals surface area (Å²) < 4.78 is 8.06. The van der Waals surface area contributed by atoms with Gasteiger partial charge in [-0.05, 0) is 94.1 Å². The SMILES string of the molecule is CC(=O)c1ccc2nc(CN3CCC(c4cccc(N5CCCc6ccccc65)n4)CC3)n(C[C@@H]3CCO3)c2c1. The first kappa shape index (κ1) is 25.4. The van der Waals surface area contributed by atoms with E-state index in [0.717, 1.165) is 99.7 Å². The molecule has 3 aliphatic rings. The molecule has 3 aliphatic heterocycles. The van der Waals surface area contributed by atoms with Gasteiger partial charge in [0.25, 0.3) is 0 Å². The molecule has 2 saturated heterocycles. The molecule has 4 aromatic rings. The average Bonchev–Trinajstić information content (AvgIpc) is 3.30. The van der Waals surface area contributed by atoms with Crippen molar-refractivity contribution in [2.24, 2.45) is 0 Å². The Labute approximate surface area is 235 Å². The summed E-state index contributed by atoms with van der Waals surface area (Å²) >= 11 is 0. The van der Waals surface area contributed by atoms with Crippen LogP contribution >= 0.6 is 0 Å². The molecule has 206 valence electrons. The molecule has 7 rings (SSSR count). The number of piperidine rings is 1. The van der Waals surface area contributed by atoms with E-state index in [-0.39, 0.29) is 11.9 Å². The number of fused-ring (bicyclic) bond motifs is 2. The second-order valence-electron chi connectivity index (χ2n) is 11.5. The monoisotopic (exact) mass is 535 g/mol. The molecule has 2 fully saturated rings. The predicted molar refractivity (Wildman–Crippen MR) is 157 cm³/mol. The molecule has 7 heteroatoms. The normalized spacial score (nSPS) is 19.9. The summed E-state index contributed by atoms with van der Waals surface area (Å²) in [7, 11) is 0. The van der Waals surface area contributed by atoms with Crippen LogP contribution in [0.1, 0.15) is 66.0 Å². The van der Waals surface area contributed by atoms with Crippen molar-refractivity contribution < 1.29 is 9.53 Å². The topological polar surface area (TPSA) is 63.5 Å². The summed E-state index contributed by atoms with van der Waals surface area (Å²) in [5, 5.41) is 0. The van der Waals surface area contributed by atoms with Gasteiger partial charge in [-0.3, -0.25) is 9.69 Å². The Morgan fingerprint density at radius 3 is 2.62 bits per heavy atom. The van der Waals surface area contributed by atoms with Crippen LogP contribution in [0.25, 0.3) is 11.0 Å². The van der Waals surface area contributed by atoms with Crippen LogP contribution in [-0.4, -0.2) is 57.6 Å². The number of ketones is 1. The van der Waals surface area contributed by atoms with Crippen LogP contribution in [0.15, 0.2) is 60.7 Å². The van der Waals surface area contributed by atoms with E-state index in [2.05, 4.69) is 56.8 Å². The number of ether oxygens (including phenoxy) is 1. The van der Waals surface area contributed by atoms with Gasteiger partial charge in [-0.2, -0.15) is 0 Å². The lowest BCUT2D eigenvalue weighted by atomic mass is 9.93. The molecule has 0 aliphatic carbocycles. The van der Waals surface area contributed by atoms with Crippen LogP contribution < -0.4 is 4.90 Å². The number of carbonyl (C=O) groups is 1. The van der Waals surface area contributed by atoms with Crippen LogP contribution in [0, 0.1) is 0 Å². The molecule has 0 N–H and O–H groups in total. The summed E-state index contributed by atoms with van der Waals surface area (Å²) in [6.07, 6.45) is 5.79. The number of hydrogen-bond acceptors (Lipinski definition) is 6. The molecule has 1 atom stereocenters. The van der Waals surface area contributed by atoms with Gasteiger partial charge in [-0.15, -0.1) is 0 Å². The van der Waals surface area contributed by atoms with Gasteiger partial charge in [-0.25, -0.2) is 9.97 Å². The quantitative estimate of drug-likeness (QED) is 0.275. The number of rotatable bonds is 7.